The van der Waals surface area contributed by atoms with E-state index in [0.29, 0.717) is 6.54 Å². The van der Waals surface area contributed by atoms with Crippen molar-refractivity contribution in [3.63, 3.8) is 0 Å². The highest BCUT2D eigenvalue weighted by Crippen LogP contribution is 2.31. The van der Waals surface area contributed by atoms with Crippen LogP contribution in [0.1, 0.15) is 24.4 Å². The quantitative estimate of drug-likeness (QED) is 0.419. The zero-order valence-electron chi connectivity index (χ0n) is 19.0. The molecule has 33 heavy (non-hydrogen) atoms. The van der Waals surface area contributed by atoms with Gasteiger partial charge in [-0.15, -0.1) is 11.3 Å². The number of hydrogen-bond acceptors (Lipinski definition) is 4. The fraction of sp³-hybridized carbons (Fsp3) is 0.185. The second-order valence-corrected chi connectivity index (χ2v) is 10.0. The van der Waals surface area contributed by atoms with Crippen LogP contribution in [0.2, 0.25) is 0 Å². The second-order valence-electron chi connectivity index (χ2n) is 7.88. The van der Waals surface area contributed by atoms with Gasteiger partial charge in [0.2, 0.25) is 5.52 Å². The standard InChI is InChI=1S/C27H26N3OS2/c1-4-29-22-12-8-9-13-23(22)32-25(29)18-26-30(5-2)27(31)24(33-26)15-14-19-16-17-28(3)21-11-7-6-10-20(19)21/h6-18H,4-5H2,1-3H3/q+1/b19-14-,24-15-. The first-order valence-electron chi connectivity index (χ1n) is 11.2. The van der Waals surface area contributed by atoms with Gasteiger partial charge >= 0.3 is 0 Å². The fourth-order valence-corrected chi connectivity index (χ4v) is 6.54. The molecule has 6 heteroatoms. The van der Waals surface area contributed by atoms with Gasteiger partial charge in [0.25, 0.3) is 10.6 Å². The number of aryl methyl sites for hydroxylation is 1. The molecule has 0 saturated carbocycles. The Morgan fingerprint density at radius 2 is 1.79 bits per heavy atom. The van der Waals surface area contributed by atoms with Gasteiger partial charge in [0.05, 0.1) is 10.6 Å². The Kier molecular flexibility index (Phi) is 5.87. The van der Waals surface area contributed by atoms with E-state index in [1.165, 1.54) is 26.5 Å². The Hall–Kier alpha value is -3.22. The number of hydrogen-bond donors (Lipinski definition) is 0. The molecule has 2 aromatic carbocycles. The van der Waals surface area contributed by atoms with Gasteiger partial charge in [-0.1, -0.05) is 47.7 Å². The largest absolute Gasteiger partial charge is 0.351 e. The Bertz CT molecular complexity index is 1580. The predicted octanol–water partition coefficient (Wildman–Crippen LogP) is 4.11. The van der Waals surface area contributed by atoms with Crippen LogP contribution in [0, 0.1) is 0 Å². The molecule has 1 aliphatic heterocycles. The monoisotopic (exact) mass is 472 g/mol. The normalized spacial score (nSPS) is 15.7. The van der Waals surface area contributed by atoms with Gasteiger partial charge in [-0.2, -0.15) is 4.57 Å². The van der Waals surface area contributed by atoms with Crippen molar-refractivity contribution >= 4 is 56.3 Å². The molecule has 4 nitrogen and oxygen atoms in total. The zero-order valence-corrected chi connectivity index (χ0v) is 20.6. The Morgan fingerprint density at radius 3 is 2.61 bits per heavy atom. The first-order valence-corrected chi connectivity index (χ1v) is 12.8. The molecule has 1 aliphatic rings. The minimum absolute atomic E-state index is 0.0694. The summed E-state index contributed by atoms with van der Waals surface area (Å²) in [5.41, 5.74) is 4.76. The van der Waals surface area contributed by atoms with Gasteiger partial charge < -0.3 is 4.90 Å². The van der Waals surface area contributed by atoms with Crippen LogP contribution in [0.4, 0.5) is 5.69 Å². The van der Waals surface area contributed by atoms with Gasteiger partial charge in [0.1, 0.15) is 15.9 Å². The van der Waals surface area contributed by atoms with Crippen molar-refractivity contribution in [3.05, 3.63) is 97.0 Å². The third-order valence-electron chi connectivity index (χ3n) is 5.94. The number of para-hydroxylation sites is 2. The van der Waals surface area contributed by atoms with Crippen LogP contribution in [-0.4, -0.2) is 11.6 Å². The summed E-state index contributed by atoms with van der Waals surface area (Å²) in [5.74, 6) is 0. The fourth-order valence-electron chi connectivity index (χ4n) is 4.25. The predicted molar refractivity (Wildman–Crippen MR) is 141 cm³/mol. The molecule has 0 N–H and O–H groups in total. The van der Waals surface area contributed by atoms with Crippen molar-refractivity contribution in [2.45, 2.75) is 26.9 Å². The maximum absolute atomic E-state index is 13.2. The van der Waals surface area contributed by atoms with E-state index < -0.39 is 0 Å². The number of rotatable bonds is 4. The van der Waals surface area contributed by atoms with E-state index in [2.05, 4.69) is 83.3 Å². The Balaban J connectivity index is 1.64. The number of anilines is 1. The molecule has 5 rings (SSSR count). The average Bonchev–Trinajstić information content (AvgIpc) is 3.34. The van der Waals surface area contributed by atoms with Crippen LogP contribution in [-0.2, 0) is 13.1 Å². The summed E-state index contributed by atoms with van der Waals surface area (Å²) in [6.45, 7) is 5.73. The first kappa shape index (κ1) is 21.6. The lowest BCUT2D eigenvalue weighted by Crippen LogP contribution is -2.35. The molecule has 0 aliphatic carbocycles. The van der Waals surface area contributed by atoms with Crippen molar-refractivity contribution in [2.24, 2.45) is 0 Å². The molecule has 0 unspecified atom stereocenters. The summed E-state index contributed by atoms with van der Waals surface area (Å²) in [5, 5.41) is 1.17. The number of benzene rings is 2. The van der Waals surface area contributed by atoms with Gasteiger partial charge in [-0.05, 0) is 43.7 Å². The second kappa shape index (κ2) is 8.96. The van der Waals surface area contributed by atoms with Crippen molar-refractivity contribution in [1.29, 1.82) is 0 Å². The van der Waals surface area contributed by atoms with E-state index in [1.807, 2.05) is 30.7 Å². The van der Waals surface area contributed by atoms with Gasteiger partial charge in [-0.25, -0.2) is 0 Å². The van der Waals surface area contributed by atoms with E-state index in [1.54, 1.807) is 22.7 Å². The lowest BCUT2D eigenvalue weighted by atomic mass is 10.00. The van der Waals surface area contributed by atoms with Crippen LogP contribution in [0.25, 0.3) is 27.9 Å². The lowest BCUT2D eigenvalue weighted by Gasteiger charge is -2.23. The SMILES string of the molecule is CCn1c(=O)/c(=C/C=C2/C=CN(C)c3ccccc32)s/c1=C/c1sc2ccccc2[n+]1CC. The van der Waals surface area contributed by atoms with Gasteiger partial charge in [-0.3, -0.25) is 9.36 Å². The van der Waals surface area contributed by atoms with Crippen molar-refractivity contribution in [3.8, 4) is 0 Å². The lowest BCUT2D eigenvalue weighted by molar-refractivity contribution is -0.665. The van der Waals surface area contributed by atoms with Crippen molar-refractivity contribution in [1.82, 2.24) is 4.57 Å². The van der Waals surface area contributed by atoms with E-state index in [9.17, 15) is 4.79 Å². The smallest absolute Gasteiger partial charge is 0.269 e. The molecule has 3 heterocycles. The molecule has 0 fully saturated rings. The van der Waals surface area contributed by atoms with E-state index >= 15 is 0 Å². The molecule has 0 amide bonds. The minimum Gasteiger partial charge on any atom is -0.351 e. The molecule has 4 aromatic rings. The molecular weight excluding hydrogens is 446 g/mol. The number of allylic oxidation sites excluding steroid dienone is 3. The van der Waals surface area contributed by atoms with Crippen LogP contribution < -0.4 is 24.2 Å². The molecular formula is C27H26N3OS2+. The molecule has 0 spiro atoms. The number of thiazole rings is 2. The van der Waals surface area contributed by atoms with Gasteiger partial charge in [0.15, 0.2) is 0 Å². The first-order chi connectivity index (χ1) is 16.1. The zero-order chi connectivity index (χ0) is 22.9. The van der Waals surface area contributed by atoms with Crippen LogP contribution in [0.15, 0.2) is 71.7 Å². The molecule has 0 atom stereocenters. The van der Waals surface area contributed by atoms with Crippen LogP contribution in [0.3, 0.4) is 0 Å². The topological polar surface area (TPSA) is 29.1 Å². The highest BCUT2D eigenvalue weighted by atomic mass is 32.1. The Labute approximate surface area is 201 Å². The van der Waals surface area contributed by atoms with E-state index in [0.717, 1.165) is 21.3 Å². The molecule has 2 aromatic heterocycles. The van der Waals surface area contributed by atoms with Crippen LogP contribution in [0.5, 0.6) is 0 Å². The van der Waals surface area contributed by atoms with E-state index in [4.69, 9.17) is 0 Å². The molecule has 0 bridgehead atoms. The highest BCUT2D eigenvalue weighted by molar-refractivity contribution is 7.19. The van der Waals surface area contributed by atoms with Crippen molar-refractivity contribution in [2.75, 3.05) is 11.9 Å². The number of aromatic nitrogens is 2. The number of fused-ring (bicyclic) bond motifs is 2. The number of nitrogens with zero attached hydrogens (tertiary/aromatic N) is 3. The van der Waals surface area contributed by atoms with Crippen molar-refractivity contribution < 1.29 is 4.57 Å². The van der Waals surface area contributed by atoms with Crippen LogP contribution >= 0.6 is 22.7 Å². The third-order valence-corrected chi connectivity index (χ3v) is 8.13. The molecule has 166 valence electrons. The summed E-state index contributed by atoms with van der Waals surface area (Å²) in [4.78, 5) is 15.3. The summed E-state index contributed by atoms with van der Waals surface area (Å²) in [6, 6.07) is 16.8. The molecule has 0 radical (unpaired) electrons. The third kappa shape index (κ3) is 3.90. The summed E-state index contributed by atoms with van der Waals surface area (Å²) < 4.78 is 7.19. The average molecular weight is 473 g/mol. The summed E-state index contributed by atoms with van der Waals surface area (Å²) >= 11 is 3.33. The Morgan fingerprint density at radius 1 is 1.00 bits per heavy atom. The van der Waals surface area contributed by atoms with Gasteiger partial charge in [0, 0.05) is 37.1 Å². The van der Waals surface area contributed by atoms with E-state index in [-0.39, 0.29) is 5.56 Å². The highest BCUT2D eigenvalue weighted by Gasteiger charge is 2.17. The minimum atomic E-state index is 0.0694. The summed E-state index contributed by atoms with van der Waals surface area (Å²) in [7, 11) is 2.05. The summed E-state index contributed by atoms with van der Waals surface area (Å²) in [6.07, 6.45) is 10.4. The maximum atomic E-state index is 13.2. The molecule has 0 saturated heterocycles. The maximum Gasteiger partial charge on any atom is 0.269 e.